The lowest BCUT2D eigenvalue weighted by Crippen LogP contribution is -2.59. The van der Waals surface area contributed by atoms with Crippen molar-refractivity contribution in [1.29, 1.82) is 0 Å². The average Bonchev–Trinajstić information content (AvgIpc) is 3.43. The van der Waals surface area contributed by atoms with Gasteiger partial charge in [0.05, 0.1) is 23.4 Å². The van der Waals surface area contributed by atoms with Crippen LogP contribution in [-0.2, 0) is 4.79 Å². The van der Waals surface area contributed by atoms with Crippen molar-refractivity contribution in [1.82, 2.24) is 25.4 Å². The lowest BCUT2D eigenvalue weighted by molar-refractivity contribution is -0.129. The van der Waals surface area contributed by atoms with E-state index in [0.29, 0.717) is 23.3 Å². The van der Waals surface area contributed by atoms with E-state index in [-0.39, 0.29) is 24.3 Å². The van der Waals surface area contributed by atoms with E-state index in [9.17, 15) is 14.7 Å². The summed E-state index contributed by atoms with van der Waals surface area (Å²) in [4.78, 5) is 35.0. The highest BCUT2D eigenvalue weighted by Gasteiger charge is 2.54. The van der Waals surface area contributed by atoms with Gasteiger partial charge in [-0.3, -0.25) is 9.59 Å². The number of nitrogens with two attached hydrogens (primary N) is 1. The predicted molar refractivity (Wildman–Crippen MR) is 117 cm³/mol. The molecule has 0 aliphatic heterocycles. The SMILES string of the molecule is NC(=O)CNC(=O)c1noc(-c2cnc3[nH]ccc3c2N[C@H]2C3CC4CC2C[C@@](O)(C4)C3)n1. The summed E-state index contributed by atoms with van der Waals surface area (Å²) in [6.45, 7) is -0.315. The molecule has 4 bridgehead atoms. The van der Waals surface area contributed by atoms with Crippen LogP contribution in [0.1, 0.15) is 42.7 Å². The van der Waals surface area contributed by atoms with Crippen LogP contribution in [0.15, 0.2) is 23.0 Å². The van der Waals surface area contributed by atoms with Crippen LogP contribution >= 0.6 is 0 Å². The highest BCUT2D eigenvalue weighted by atomic mass is 16.5. The van der Waals surface area contributed by atoms with Crippen molar-refractivity contribution in [3.05, 3.63) is 24.3 Å². The van der Waals surface area contributed by atoms with Crippen LogP contribution in [0, 0.1) is 17.8 Å². The molecule has 11 nitrogen and oxygen atoms in total. The Kier molecular flexibility index (Phi) is 4.44. The van der Waals surface area contributed by atoms with Crippen molar-refractivity contribution in [2.45, 2.75) is 43.7 Å². The van der Waals surface area contributed by atoms with Gasteiger partial charge in [0.25, 0.3) is 17.6 Å². The maximum absolute atomic E-state index is 12.2. The number of aliphatic hydroxyl groups is 1. The lowest BCUT2D eigenvalue weighted by Gasteiger charge is -2.58. The van der Waals surface area contributed by atoms with Crippen LogP contribution in [0.3, 0.4) is 0 Å². The molecule has 3 aromatic heterocycles. The number of rotatable bonds is 6. The highest BCUT2D eigenvalue weighted by molar-refractivity contribution is 5.98. The summed E-state index contributed by atoms with van der Waals surface area (Å²) in [5, 5.41) is 21.7. The quantitative estimate of drug-likeness (QED) is 0.372. The number of carbonyl (C=O) groups is 2. The third-order valence-electron chi connectivity index (χ3n) is 7.42. The van der Waals surface area contributed by atoms with Gasteiger partial charge < -0.3 is 31.0 Å². The number of nitrogens with one attached hydrogen (secondary N) is 3. The number of amides is 2. The number of primary amides is 1. The zero-order chi connectivity index (χ0) is 22.7. The van der Waals surface area contributed by atoms with Gasteiger partial charge in [0.2, 0.25) is 5.91 Å². The lowest BCUT2D eigenvalue weighted by atomic mass is 9.52. The summed E-state index contributed by atoms with van der Waals surface area (Å²) in [5.41, 5.74) is 6.69. The van der Waals surface area contributed by atoms with E-state index in [1.807, 2.05) is 12.3 Å². The Bertz CT molecular complexity index is 1230. The minimum absolute atomic E-state index is 0.153. The number of carbonyl (C=O) groups excluding carboxylic acids is 2. The van der Waals surface area contributed by atoms with Crippen molar-refractivity contribution in [3.63, 3.8) is 0 Å². The van der Waals surface area contributed by atoms with E-state index in [4.69, 9.17) is 10.3 Å². The van der Waals surface area contributed by atoms with Gasteiger partial charge in [-0.15, -0.1) is 0 Å². The highest BCUT2D eigenvalue weighted by Crippen LogP contribution is 2.56. The summed E-state index contributed by atoms with van der Waals surface area (Å²) in [6, 6.07) is 2.16. The molecule has 4 fully saturated rings. The Hall–Kier alpha value is -3.47. The minimum atomic E-state index is -0.666. The number of anilines is 1. The summed E-state index contributed by atoms with van der Waals surface area (Å²) < 4.78 is 5.40. The average molecular weight is 451 g/mol. The van der Waals surface area contributed by atoms with Gasteiger partial charge in [0.15, 0.2) is 0 Å². The summed E-state index contributed by atoms with van der Waals surface area (Å²) in [7, 11) is 0. The Labute approximate surface area is 188 Å². The van der Waals surface area contributed by atoms with Gasteiger partial charge in [-0.1, -0.05) is 5.16 Å². The van der Waals surface area contributed by atoms with E-state index >= 15 is 0 Å². The number of hydrogen-bond acceptors (Lipinski definition) is 8. The first-order valence-electron chi connectivity index (χ1n) is 11.2. The number of fused-ring (bicyclic) bond motifs is 1. The minimum Gasteiger partial charge on any atom is -0.390 e. The molecule has 3 aromatic rings. The molecule has 4 aliphatic rings. The third-order valence-corrected chi connectivity index (χ3v) is 7.42. The first-order valence-corrected chi connectivity index (χ1v) is 11.2. The number of nitrogens with zero attached hydrogens (tertiary/aromatic N) is 3. The molecule has 172 valence electrons. The molecule has 0 spiro atoms. The number of aromatic nitrogens is 4. The van der Waals surface area contributed by atoms with Crippen molar-refractivity contribution < 1.29 is 19.2 Å². The Morgan fingerprint density at radius 3 is 2.79 bits per heavy atom. The van der Waals surface area contributed by atoms with Gasteiger partial charge in [-0.25, -0.2) is 4.98 Å². The molecular weight excluding hydrogens is 426 g/mol. The topological polar surface area (TPSA) is 172 Å². The van der Waals surface area contributed by atoms with Gasteiger partial charge in [-0.2, -0.15) is 4.98 Å². The summed E-state index contributed by atoms with van der Waals surface area (Å²) in [6.07, 6.45) is 8.28. The molecule has 0 saturated heterocycles. The van der Waals surface area contributed by atoms with Crippen molar-refractivity contribution in [2.24, 2.45) is 23.5 Å². The Morgan fingerprint density at radius 2 is 2.06 bits per heavy atom. The van der Waals surface area contributed by atoms with E-state index < -0.39 is 17.4 Å². The van der Waals surface area contributed by atoms with Crippen molar-refractivity contribution >= 4 is 28.5 Å². The molecule has 6 N–H and O–H groups in total. The second kappa shape index (κ2) is 7.27. The molecule has 11 heteroatoms. The molecule has 0 radical (unpaired) electrons. The van der Waals surface area contributed by atoms with E-state index in [2.05, 4.69) is 30.7 Å². The summed E-state index contributed by atoms with van der Waals surface area (Å²) >= 11 is 0. The van der Waals surface area contributed by atoms with Crippen LogP contribution < -0.4 is 16.4 Å². The van der Waals surface area contributed by atoms with Crippen molar-refractivity contribution in [3.8, 4) is 11.5 Å². The second-order valence-corrected chi connectivity index (χ2v) is 9.72. The van der Waals surface area contributed by atoms with E-state index in [1.54, 1.807) is 6.20 Å². The van der Waals surface area contributed by atoms with Crippen LogP contribution in [0.4, 0.5) is 5.69 Å². The standard InChI is InChI=1S/C22H25N7O4/c23-15(30)9-26-20(31)19-28-21(33-29-19)14-8-25-18-13(1-2-24-18)17(14)27-16-11-3-10-4-12(16)7-22(32,5-10)6-11/h1-2,8,10-12,16,32H,3-7,9H2,(H2,23,30)(H,26,31)(H2,24,25,27)/t10?,11?,12?,16-,22+. The number of pyridine rings is 1. The first kappa shape index (κ1) is 20.2. The first-order chi connectivity index (χ1) is 15.9. The zero-order valence-electron chi connectivity index (χ0n) is 17.9. The molecule has 3 heterocycles. The van der Waals surface area contributed by atoms with Crippen LogP contribution in [0.2, 0.25) is 0 Å². The molecule has 4 saturated carbocycles. The molecule has 2 amide bonds. The van der Waals surface area contributed by atoms with Gasteiger partial charge in [-0.05, 0) is 55.9 Å². The maximum Gasteiger partial charge on any atom is 0.293 e. The molecule has 7 rings (SSSR count). The largest absolute Gasteiger partial charge is 0.390 e. The maximum atomic E-state index is 12.2. The van der Waals surface area contributed by atoms with E-state index in [1.165, 1.54) is 0 Å². The number of aromatic amines is 1. The van der Waals surface area contributed by atoms with Crippen LogP contribution in [0.25, 0.3) is 22.5 Å². The Morgan fingerprint density at radius 1 is 1.27 bits per heavy atom. The number of H-pyrrole nitrogens is 1. The van der Waals surface area contributed by atoms with Gasteiger partial charge >= 0.3 is 0 Å². The van der Waals surface area contributed by atoms with Crippen LogP contribution in [-0.4, -0.2) is 55.2 Å². The smallest absolute Gasteiger partial charge is 0.293 e. The van der Waals surface area contributed by atoms with Gasteiger partial charge in [0.1, 0.15) is 5.65 Å². The van der Waals surface area contributed by atoms with Gasteiger partial charge in [0, 0.05) is 23.8 Å². The molecule has 33 heavy (non-hydrogen) atoms. The second-order valence-electron chi connectivity index (χ2n) is 9.72. The fourth-order valence-electron chi connectivity index (χ4n) is 6.38. The fourth-order valence-corrected chi connectivity index (χ4v) is 6.38. The van der Waals surface area contributed by atoms with Crippen LogP contribution in [0.5, 0.6) is 0 Å². The van der Waals surface area contributed by atoms with E-state index in [0.717, 1.165) is 48.8 Å². The third kappa shape index (κ3) is 3.43. The normalized spacial score (nSPS) is 30.0. The fraction of sp³-hybridized carbons (Fsp3) is 0.500. The molecule has 2 unspecified atom stereocenters. The van der Waals surface area contributed by atoms with Crippen molar-refractivity contribution in [2.75, 3.05) is 11.9 Å². The Balaban J connectivity index is 1.33. The zero-order valence-corrected chi connectivity index (χ0v) is 17.9. The number of hydrogen-bond donors (Lipinski definition) is 5. The molecule has 2 atom stereocenters. The monoisotopic (exact) mass is 451 g/mol. The molecular formula is C22H25N7O4. The predicted octanol–water partition coefficient (Wildman–Crippen LogP) is 1.18. The molecule has 4 aliphatic carbocycles. The molecule has 0 aromatic carbocycles. The summed E-state index contributed by atoms with van der Waals surface area (Å²) in [5.74, 6) is 0.0440.